The first-order chi connectivity index (χ1) is 18.0. The van der Waals surface area contributed by atoms with Crippen LogP contribution in [0.15, 0.2) is 80.1 Å². The molecule has 37 heavy (non-hydrogen) atoms. The van der Waals surface area contributed by atoms with E-state index in [1.165, 1.54) is 40.1 Å². The zero-order chi connectivity index (χ0) is 25.8. The van der Waals surface area contributed by atoms with Gasteiger partial charge >= 0.3 is 0 Å². The van der Waals surface area contributed by atoms with Crippen LogP contribution in [-0.2, 0) is 19.4 Å². The maximum Gasteiger partial charge on any atom is 0.270 e. The molecule has 0 atom stereocenters. The number of nitro benzene ring substituents is 1. The van der Waals surface area contributed by atoms with Gasteiger partial charge in [-0.1, -0.05) is 29.5 Å². The predicted octanol–water partition coefficient (Wildman–Crippen LogP) is 7.27. The molecule has 4 aromatic rings. The van der Waals surface area contributed by atoms with Crippen molar-refractivity contribution in [2.24, 2.45) is 4.99 Å². The van der Waals surface area contributed by atoms with Gasteiger partial charge in [-0.15, -0.1) is 11.3 Å². The Kier molecular flexibility index (Phi) is 7.52. The third kappa shape index (κ3) is 5.84. The second-order valence-corrected chi connectivity index (χ2v) is 11.0. The fourth-order valence-corrected chi connectivity index (χ4v) is 6.37. The van der Waals surface area contributed by atoms with E-state index in [9.17, 15) is 14.9 Å². The van der Waals surface area contributed by atoms with Crippen molar-refractivity contribution in [1.29, 1.82) is 0 Å². The molecule has 188 valence electrons. The minimum atomic E-state index is -0.408. The van der Waals surface area contributed by atoms with Gasteiger partial charge in [0.05, 0.1) is 23.3 Å². The van der Waals surface area contributed by atoms with Crippen LogP contribution < -0.4 is 5.32 Å². The lowest BCUT2D eigenvalue weighted by atomic mass is 9.95. The number of aryl methyl sites for hydroxylation is 2. The van der Waals surface area contributed by atoms with Gasteiger partial charge < -0.3 is 9.73 Å². The summed E-state index contributed by atoms with van der Waals surface area (Å²) in [7, 11) is 0. The number of nitrogens with one attached hydrogen (secondary N) is 1. The molecule has 0 radical (unpaired) electrons. The van der Waals surface area contributed by atoms with Crippen molar-refractivity contribution >= 4 is 45.9 Å². The van der Waals surface area contributed by atoms with Gasteiger partial charge in [0.2, 0.25) is 0 Å². The summed E-state index contributed by atoms with van der Waals surface area (Å²) in [5.74, 6) is 0.494. The van der Waals surface area contributed by atoms with Crippen LogP contribution in [0.25, 0.3) is 0 Å². The van der Waals surface area contributed by atoms with Crippen LogP contribution in [0.3, 0.4) is 0 Å². The Bertz CT molecular complexity index is 1460. The molecule has 9 heteroatoms. The third-order valence-electron chi connectivity index (χ3n) is 6.16. The molecule has 2 aromatic carbocycles. The summed E-state index contributed by atoms with van der Waals surface area (Å²) in [5, 5.41) is 15.1. The van der Waals surface area contributed by atoms with Gasteiger partial charge in [0.25, 0.3) is 11.6 Å². The summed E-state index contributed by atoms with van der Waals surface area (Å²) in [6, 6.07) is 16.5. The highest BCUT2D eigenvalue weighted by Gasteiger charge is 2.25. The molecule has 2 heterocycles. The van der Waals surface area contributed by atoms with Crippen LogP contribution in [0.5, 0.6) is 0 Å². The number of thiophene rings is 1. The van der Waals surface area contributed by atoms with Gasteiger partial charge in [-0.3, -0.25) is 14.9 Å². The van der Waals surface area contributed by atoms with Crippen LogP contribution in [-0.4, -0.2) is 17.0 Å². The molecule has 1 N–H and O–H groups in total. The Labute approximate surface area is 222 Å². The van der Waals surface area contributed by atoms with Crippen molar-refractivity contribution in [3.8, 4) is 0 Å². The highest BCUT2D eigenvalue weighted by atomic mass is 32.2. The topological polar surface area (TPSA) is 97.7 Å². The van der Waals surface area contributed by atoms with Crippen molar-refractivity contribution in [1.82, 2.24) is 5.32 Å². The molecule has 0 bridgehead atoms. The summed E-state index contributed by atoms with van der Waals surface area (Å²) in [6.45, 7) is 2.32. The molecule has 2 aromatic heterocycles. The monoisotopic (exact) mass is 531 g/mol. The number of benzene rings is 2. The number of carbonyl (C=O) groups excluding carboxylic acids is 1. The van der Waals surface area contributed by atoms with Gasteiger partial charge in [0.1, 0.15) is 10.8 Å². The number of hydrogen-bond acceptors (Lipinski definition) is 7. The van der Waals surface area contributed by atoms with Crippen molar-refractivity contribution in [2.45, 2.75) is 48.9 Å². The molecule has 0 saturated carbocycles. The molecule has 1 aliphatic rings. The molecule has 7 nitrogen and oxygen atoms in total. The Morgan fingerprint density at radius 2 is 2.00 bits per heavy atom. The van der Waals surface area contributed by atoms with Crippen LogP contribution in [0, 0.1) is 17.0 Å². The number of aliphatic imine (C=N–C) groups is 1. The van der Waals surface area contributed by atoms with E-state index in [0.717, 1.165) is 46.6 Å². The maximum atomic E-state index is 13.3. The maximum absolute atomic E-state index is 13.3. The highest BCUT2D eigenvalue weighted by molar-refractivity contribution is 7.99. The first-order valence-electron chi connectivity index (χ1n) is 12.0. The fraction of sp³-hybridized carbons (Fsp3) is 0.214. The van der Waals surface area contributed by atoms with Gasteiger partial charge in [-0.2, -0.15) is 0 Å². The Hall–Kier alpha value is -3.69. The number of rotatable bonds is 8. The smallest absolute Gasteiger partial charge is 0.270 e. The third-order valence-corrected chi connectivity index (χ3v) is 8.46. The minimum Gasteiger partial charge on any atom is -0.467 e. The Morgan fingerprint density at radius 1 is 1.19 bits per heavy atom. The van der Waals surface area contributed by atoms with Crippen LogP contribution >= 0.6 is 23.1 Å². The molecule has 5 rings (SSSR count). The number of hydrogen-bond donors (Lipinski definition) is 1. The minimum absolute atomic E-state index is 0.00315. The number of fused-ring (bicyclic) bond motifs is 1. The molecule has 0 spiro atoms. The van der Waals surface area contributed by atoms with Gasteiger partial charge in [-0.05, 0) is 68.5 Å². The quantitative estimate of drug-likeness (QED) is 0.146. The van der Waals surface area contributed by atoms with Crippen LogP contribution in [0.4, 0.5) is 10.7 Å². The number of carbonyl (C=O) groups is 1. The zero-order valence-corrected chi connectivity index (χ0v) is 21.9. The van der Waals surface area contributed by atoms with E-state index in [-0.39, 0.29) is 11.6 Å². The van der Waals surface area contributed by atoms with Crippen LogP contribution in [0.1, 0.15) is 50.5 Å². The molecule has 0 unspecified atom stereocenters. The number of amides is 1. The average molecular weight is 532 g/mol. The SMILES string of the molecule is Cc1ccc(Sc2ccc([N+](=O)[O-])cc2C=Nc2sc3c(c2C(=O)NCc2ccco2)CCCC3)cc1. The second-order valence-electron chi connectivity index (χ2n) is 8.81. The molecule has 0 fully saturated rings. The molecular formula is C28H25N3O4S2. The summed E-state index contributed by atoms with van der Waals surface area (Å²) in [6.07, 6.45) is 7.12. The van der Waals surface area contributed by atoms with Crippen molar-refractivity contribution in [2.75, 3.05) is 0 Å². The summed E-state index contributed by atoms with van der Waals surface area (Å²) >= 11 is 3.05. The number of non-ortho nitro benzene ring substituents is 1. The first-order valence-corrected chi connectivity index (χ1v) is 13.6. The van der Waals surface area contributed by atoms with Gasteiger partial charge in [0, 0.05) is 38.6 Å². The Balaban J connectivity index is 1.48. The first kappa shape index (κ1) is 25.0. The van der Waals surface area contributed by atoms with Gasteiger partial charge in [-0.25, -0.2) is 4.99 Å². The van der Waals surface area contributed by atoms with E-state index < -0.39 is 4.92 Å². The summed E-state index contributed by atoms with van der Waals surface area (Å²) in [5.41, 5.74) is 3.45. The van der Waals surface area contributed by atoms with Gasteiger partial charge in [0.15, 0.2) is 0 Å². The fourth-order valence-electron chi connectivity index (χ4n) is 4.25. The summed E-state index contributed by atoms with van der Waals surface area (Å²) in [4.78, 5) is 32.1. The van der Waals surface area contributed by atoms with E-state index in [0.29, 0.717) is 28.4 Å². The number of nitro groups is 1. The van der Waals surface area contributed by atoms with E-state index >= 15 is 0 Å². The van der Waals surface area contributed by atoms with Crippen molar-refractivity contribution < 1.29 is 14.1 Å². The predicted molar refractivity (Wildman–Crippen MR) is 146 cm³/mol. The van der Waals surface area contributed by atoms with Crippen molar-refractivity contribution in [3.05, 3.63) is 104 Å². The largest absolute Gasteiger partial charge is 0.467 e. The van der Waals surface area contributed by atoms with Crippen molar-refractivity contribution in [3.63, 3.8) is 0 Å². The average Bonchev–Trinajstić information content (AvgIpc) is 3.55. The van der Waals surface area contributed by atoms with Crippen LogP contribution in [0.2, 0.25) is 0 Å². The molecular weight excluding hydrogens is 506 g/mol. The van der Waals surface area contributed by atoms with E-state index in [1.54, 1.807) is 24.6 Å². The van der Waals surface area contributed by atoms with E-state index in [2.05, 4.69) is 5.32 Å². The lowest BCUT2D eigenvalue weighted by molar-refractivity contribution is -0.384. The molecule has 1 amide bonds. The normalized spacial score (nSPS) is 13.0. The molecule has 1 aliphatic carbocycles. The van der Waals surface area contributed by atoms with E-state index in [4.69, 9.17) is 9.41 Å². The van der Waals surface area contributed by atoms with E-state index in [1.807, 2.05) is 37.3 Å². The lowest BCUT2D eigenvalue weighted by Gasteiger charge is -2.12. The Morgan fingerprint density at radius 3 is 2.76 bits per heavy atom. The number of furan rings is 1. The second kappa shape index (κ2) is 11.1. The highest BCUT2D eigenvalue weighted by Crippen LogP contribution is 2.40. The standard InChI is InChI=1S/C28H25N3O4S2/c1-18-8-11-22(12-9-18)36-24-13-10-20(31(33)34)15-19(24)16-30-28-26(23-6-2-3-7-25(23)37-28)27(32)29-17-21-5-4-14-35-21/h4-5,8-16H,2-3,6-7,17H2,1H3,(H,29,32). The number of nitrogens with zero attached hydrogens (tertiary/aromatic N) is 2. The lowest BCUT2D eigenvalue weighted by Crippen LogP contribution is -2.23. The summed E-state index contributed by atoms with van der Waals surface area (Å²) < 4.78 is 5.35. The molecule has 0 aliphatic heterocycles. The zero-order valence-electron chi connectivity index (χ0n) is 20.2. The molecule has 0 saturated heterocycles.